The quantitative estimate of drug-likeness (QED) is 0.742. The maximum atomic E-state index is 11.7. The lowest BCUT2D eigenvalue weighted by Gasteiger charge is -2.02. The summed E-state index contributed by atoms with van der Waals surface area (Å²) in [5.74, 6) is 0.180. The van der Waals surface area contributed by atoms with Crippen molar-refractivity contribution < 1.29 is 4.79 Å². The van der Waals surface area contributed by atoms with Crippen LogP contribution < -0.4 is 5.32 Å². The molecule has 1 aliphatic rings. The highest BCUT2D eigenvalue weighted by Gasteiger charge is 2.20. The minimum atomic E-state index is 0.180. The van der Waals surface area contributed by atoms with Crippen LogP contribution in [0.5, 0.6) is 0 Å². The second kappa shape index (κ2) is 4.53. The first-order chi connectivity index (χ1) is 7.25. The summed E-state index contributed by atoms with van der Waals surface area (Å²) in [5.41, 5.74) is 1.77. The maximum absolute atomic E-state index is 11.7. The predicted molar refractivity (Wildman–Crippen MR) is 58.9 cm³/mol. The van der Waals surface area contributed by atoms with Gasteiger partial charge in [0.1, 0.15) is 0 Å². The van der Waals surface area contributed by atoms with Gasteiger partial charge in [0.15, 0.2) is 5.78 Å². The summed E-state index contributed by atoms with van der Waals surface area (Å²) in [4.78, 5) is 15.7. The summed E-state index contributed by atoms with van der Waals surface area (Å²) < 4.78 is 0. The van der Waals surface area contributed by atoms with Crippen molar-refractivity contribution in [1.82, 2.24) is 10.3 Å². The molecule has 1 aromatic rings. The molecule has 0 amide bonds. The van der Waals surface area contributed by atoms with Gasteiger partial charge >= 0.3 is 0 Å². The number of carbonyl (C=O) groups excluding carboxylic acids is 1. The Kier molecular flexibility index (Phi) is 3.11. The molecule has 0 radical (unpaired) electrons. The number of rotatable bonds is 5. The minimum absolute atomic E-state index is 0.180. The van der Waals surface area contributed by atoms with Gasteiger partial charge in [-0.25, -0.2) is 0 Å². The molecule has 1 N–H and O–H groups in total. The van der Waals surface area contributed by atoms with Gasteiger partial charge in [-0.2, -0.15) is 0 Å². The molecule has 1 aliphatic carbocycles. The third-order valence-corrected chi connectivity index (χ3v) is 2.56. The Labute approximate surface area is 89.9 Å². The van der Waals surface area contributed by atoms with Crippen LogP contribution in [0.1, 0.15) is 35.2 Å². The normalized spacial score (nSPS) is 15.3. The molecule has 0 unspecified atom stereocenters. The van der Waals surface area contributed by atoms with E-state index in [1.165, 1.54) is 12.8 Å². The zero-order valence-electron chi connectivity index (χ0n) is 8.99. The SMILES string of the molecule is Cc1cncc(C(=O)CCNC2CC2)c1. The Morgan fingerprint density at radius 1 is 1.53 bits per heavy atom. The van der Waals surface area contributed by atoms with E-state index in [4.69, 9.17) is 0 Å². The summed E-state index contributed by atoms with van der Waals surface area (Å²) in [5, 5.41) is 3.33. The largest absolute Gasteiger partial charge is 0.314 e. The van der Waals surface area contributed by atoms with E-state index in [2.05, 4.69) is 10.3 Å². The van der Waals surface area contributed by atoms with Crippen molar-refractivity contribution in [2.75, 3.05) is 6.54 Å². The lowest BCUT2D eigenvalue weighted by atomic mass is 10.1. The predicted octanol–water partition coefficient (Wildman–Crippen LogP) is 1.71. The Bertz CT molecular complexity index is 358. The molecule has 0 aliphatic heterocycles. The Balaban J connectivity index is 1.83. The summed E-state index contributed by atoms with van der Waals surface area (Å²) in [6.07, 6.45) is 6.51. The molecule has 0 saturated heterocycles. The van der Waals surface area contributed by atoms with Gasteiger partial charge in [-0.05, 0) is 31.4 Å². The van der Waals surface area contributed by atoms with Crippen LogP contribution in [0.25, 0.3) is 0 Å². The number of pyridine rings is 1. The molecule has 0 aromatic carbocycles. The highest BCUT2D eigenvalue weighted by atomic mass is 16.1. The van der Waals surface area contributed by atoms with E-state index in [0.717, 1.165) is 17.7 Å². The molecule has 0 spiro atoms. The Morgan fingerprint density at radius 3 is 3.00 bits per heavy atom. The topological polar surface area (TPSA) is 42.0 Å². The number of ketones is 1. The number of aryl methyl sites for hydroxylation is 1. The van der Waals surface area contributed by atoms with Crippen molar-refractivity contribution in [3.8, 4) is 0 Å². The number of hydrogen-bond acceptors (Lipinski definition) is 3. The van der Waals surface area contributed by atoms with Crippen LogP contribution in [0.2, 0.25) is 0 Å². The smallest absolute Gasteiger partial charge is 0.165 e. The number of nitrogens with one attached hydrogen (secondary N) is 1. The molecule has 1 aromatic heterocycles. The number of hydrogen-bond donors (Lipinski definition) is 1. The molecule has 0 atom stereocenters. The van der Waals surface area contributed by atoms with Crippen molar-refractivity contribution in [3.63, 3.8) is 0 Å². The van der Waals surface area contributed by atoms with E-state index in [0.29, 0.717) is 12.5 Å². The van der Waals surface area contributed by atoms with Gasteiger partial charge in [0.05, 0.1) is 0 Å². The third-order valence-electron chi connectivity index (χ3n) is 2.56. The first kappa shape index (κ1) is 10.3. The first-order valence-electron chi connectivity index (χ1n) is 5.44. The van der Waals surface area contributed by atoms with Crippen LogP contribution in [0.4, 0.5) is 0 Å². The molecule has 1 saturated carbocycles. The standard InChI is InChI=1S/C12H16N2O/c1-9-6-10(8-13-7-9)12(15)4-5-14-11-2-3-11/h6-8,11,14H,2-5H2,1H3. The second-order valence-corrected chi connectivity index (χ2v) is 4.15. The molecule has 1 heterocycles. The highest BCUT2D eigenvalue weighted by molar-refractivity contribution is 5.96. The molecule has 3 nitrogen and oxygen atoms in total. The van der Waals surface area contributed by atoms with Gasteiger partial charge in [0, 0.05) is 37.0 Å². The third kappa shape index (κ3) is 3.13. The lowest BCUT2D eigenvalue weighted by Crippen LogP contribution is -2.20. The van der Waals surface area contributed by atoms with Crippen LogP contribution in [0, 0.1) is 6.92 Å². The van der Waals surface area contributed by atoms with Gasteiger partial charge in [-0.15, -0.1) is 0 Å². The number of Topliss-reactive ketones (excluding diaryl/α,β-unsaturated/α-hetero) is 1. The van der Waals surface area contributed by atoms with E-state index in [-0.39, 0.29) is 5.78 Å². The molecular formula is C12H16N2O. The van der Waals surface area contributed by atoms with Crippen LogP contribution in [-0.4, -0.2) is 23.4 Å². The van der Waals surface area contributed by atoms with Crippen molar-refractivity contribution in [2.24, 2.45) is 0 Å². The maximum Gasteiger partial charge on any atom is 0.165 e. The van der Waals surface area contributed by atoms with E-state index >= 15 is 0 Å². The average Bonchev–Trinajstić information content (AvgIpc) is 3.01. The number of nitrogens with zero attached hydrogens (tertiary/aromatic N) is 1. The summed E-state index contributed by atoms with van der Waals surface area (Å²) in [6, 6.07) is 2.57. The monoisotopic (exact) mass is 204 g/mol. The van der Waals surface area contributed by atoms with Crippen LogP contribution in [0.3, 0.4) is 0 Å². The fourth-order valence-electron chi connectivity index (χ4n) is 1.53. The van der Waals surface area contributed by atoms with E-state index < -0.39 is 0 Å². The van der Waals surface area contributed by atoms with Crippen molar-refractivity contribution >= 4 is 5.78 Å². The van der Waals surface area contributed by atoms with Crippen LogP contribution in [-0.2, 0) is 0 Å². The van der Waals surface area contributed by atoms with Gasteiger partial charge in [-0.1, -0.05) is 0 Å². The minimum Gasteiger partial charge on any atom is -0.314 e. The molecule has 1 fully saturated rings. The molecule has 2 rings (SSSR count). The summed E-state index contributed by atoms with van der Waals surface area (Å²) >= 11 is 0. The fraction of sp³-hybridized carbons (Fsp3) is 0.500. The van der Waals surface area contributed by atoms with Gasteiger partial charge in [0.25, 0.3) is 0 Å². The van der Waals surface area contributed by atoms with Crippen molar-refractivity contribution in [3.05, 3.63) is 29.6 Å². The van der Waals surface area contributed by atoms with Gasteiger partial charge in [0.2, 0.25) is 0 Å². The van der Waals surface area contributed by atoms with E-state index in [1.54, 1.807) is 12.4 Å². The van der Waals surface area contributed by atoms with Crippen LogP contribution >= 0.6 is 0 Å². The first-order valence-corrected chi connectivity index (χ1v) is 5.44. The van der Waals surface area contributed by atoms with Crippen molar-refractivity contribution in [2.45, 2.75) is 32.2 Å². The summed E-state index contributed by atoms with van der Waals surface area (Å²) in [7, 11) is 0. The van der Waals surface area contributed by atoms with E-state index in [1.807, 2.05) is 13.0 Å². The summed E-state index contributed by atoms with van der Waals surface area (Å²) in [6.45, 7) is 2.74. The molecule has 3 heteroatoms. The highest BCUT2D eigenvalue weighted by Crippen LogP contribution is 2.18. The molecule has 15 heavy (non-hydrogen) atoms. The molecular weight excluding hydrogens is 188 g/mol. The van der Waals surface area contributed by atoms with E-state index in [9.17, 15) is 4.79 Å². The average molecular weight is 204 g/mol. The Morgan fingerprint density at radius 2 is 2.33 bits per heavy atom. The fourth-order valence-corrected chi connectivity index (χ4v) is 1.53. The number of carbonyl (C=O) groups is 1. The van der Waals surface area contributed by atoms with Gasteiger partial charge in [-0.3, -0.25) is 9.78 Å². The van der Waals surface area contributed by atoms with Gasteiger partial charge < -0.3 is 5.32 Å². The van der Waals surface area contributed by atoms with Crippen molar-refractivity contribution in [1.29, 1.82) is 0 Å². The van der Waals surface area contributed by atoms with Crippen LogP contribution in [0.15, 0.2) is 18.5 Å². The second-order valence-electron chi connectivity index (χ2n) is 4.15. The molecule has 0 bridgehead atoms. The zero-order chi connectivity index (χ0) is 10.7. The Hall–Kier alpha value is -1.22. The lowest BCUT2D eigenvalue weighted by molar-refractivity contribution is 0.0982. The number of aromatic nitrogens is 1. The zero-order valence-corrected chi connectivity index (χ0v) is 8.99. The molecule has 80 valence electrons.